The molecule has 0 spiro atoms. The lowest BCUT2D eigenvalue weighted by Crippen LogP contribution is -2.42. The van der Waals surface area contributed by atoms with E-state index in [1.165, 1.54) is 0 Å². The molecule has 2 aliphatic carbocycles. The van der Waals surface area contributed by atoms with Crippen molar-refractivity contribution in [2.75, 3.05) is 0 Å². The van der Waals surface area contributed by atoms with Crippen molar-refractivity contribution >= 4 is 9.84 Å². The molecule has 0 aromatic heterocycles. The van der Waals surface area contributed by atoms with Gasteiger partial charge in [-0.05, 0) is 31.2 Å². The average Bonchev–Trinajstić information content (AvgIpc) is 3.12. The van der Waals surface area contributed by atoms with Gasteiger partial charge in [0.05, 0.1) is 23.2 Å². The van der Waals surface area contributed by atoms with Gasteiger partial charge in [0.2, 0.25) is 0 Å². The average molecular weight is 266 g/mol. The summed E-state index contributed by atoms with van der Waals surface area (Å²) in [5.41, 5.74) is 1.14. The van der Waals surface area contributed by atoms with Crippen molar-refractivity contribution in [3.8, 4) is 0 Å². The van der Waals surface area contributed by atoms with Crippen LogP contribution in [-0.4, -0.2) is 25.0 Å². The minimum Gasteiger partial charge on any atom is -0.373 e. The Morgan fingerprint density at radius 2 is 1.72 bits per heavy atom. The molecule has 98 valence electrons. The molecule has 0 amide bonds. The van der Waals surface area contributed by atoms with Crippen molar-refractivity contribution in [1.29, 1.82) is 0 Å². The second-order valence-corrected chi connectivity index (χ2v) is 7.81. The van der Waals surface area contributed by atoms with Gasteiger partial charge in [0.15, 0.2) is 9.84 Å². The van der Waals surface area contributed by atoms with Crippen LogP contribution in [0, 0.1) is 0 Å². The van der Waals surface area contributed by atoms with Gasteiger partial charge in [-0.3, -0.25) is 0 Å². The lowest BCUT2D eigenvalue weighted by Gasteiger charge is -2.34. The van der Waals surface area contributed by atoms with Crippen LogP contribution in [-0.2, 0) is 21.2 Å². The van der Waals surface area contributed by atoms with E-state index in [1.807, 2.05) is 30.3 Å². The van der Waals surface area contributed by atoms with E-state index in [-0.39, 0.29) is 16.6 Å². The molecule has 0 bridgehead atoms. The SMILES string of the molecule is O=S(=O)(C1CC1)[C@H]1C[C@@H](OCc2ccccc2)C1. The summed E-state index contributed by atoms with van der Waals surface area (Å²) in [4.78, 5) is 0. The Labute approximate surface area is 108 Å². The van der Waals surface area contributed by atoms with E-state index in [4.69, 9.17) is 4.74 Å². The molecular weight excluding hydrogens is 248 g/mol. The molecule has 3 rings (SSSR count). The highest BCUT2D eigenvalue weighted by molar-refractivity contribution is 7.93. The first-order valence-electron chi connectivity index (χ1n) is 6.54. The summed E-state index contributed by atoms with van der Waals surface area (Å²) in [7, 11) is -2.82. The molecule has 0 aliphatic heterocycles. The zero-order valence-electron chi connectivity index (χ0n) is 10.3. The molecule has 2 aliphatic rings. The minimum absolute atomic E-state index is 0.0300. The summed E-state index contributed by atoms with van der Waals surface area (Å²) >= 11 is 0. The third-order valence-corrected chi connectivity index (χ3v) is 6.55. The van der Waals surface area contributed by atoms with Gasteiger partial charge >= 0.3 is 0 Å². The van der Waals surface area contributed by atoms with Crippen molar-refractivity contribution in [3.05, 3.63) is 35.9 Å². The second-order valence-electron chi connectivity index (χ2n) is 5.30. The van der Waals surface area contributed by atoms with Gasteiger partial charge in [-0.2, -0.15) is 0 Å². The topological polar surface area (TPSA) is 43.4 Å². The number of benzene rings is 1. The predicted octanol–water partition coefficient (Wildman–Crippen LogP) is 2.31. The van der Waals surface area contributed by atoms with Gasteiger partial charge in [0.25, 0.3) is 0 Å². The lowest BCUT2D eigenvalue weighted by atomic mass is 9.95. The van der Waals surface area contributed by atoms with Gasteiger partial charge in [0.1, 0.15) is 0 Å². The minimum atomic E-state index is -2.82. The molecule has 4 heteroatoms. The summed E-state index contributed by atoms with van der Waals surface area (Å²) in [6, 6.07) is 10.00. The first-order valence-corrected chi connectivity index (χ1v) is 8.15. The van der Waals surface area contributed by atoms with Crippen LogP contribution in [0.3, 0.4) is 0 Å². The number of ether oxygens (including phenoxy) is 1. The van der Waals surface area contributed by atoms with E-state index in [0.717, 1.165) is 18.4 Å². The Morgan fingerprint density at radius 1 is 1.06 bits per heavy atom. The zero-order chi connectivity index (χ0) is 12.6. The summed E-state index contributed by atoms with van der Waals surface area (Å²) < 4.78 is 29.6. The monoisotopic (exact) mass is 266 g/mol. The van der Waals surface area contributed by atoms with Crippen LogP contribution in [0.5, 0.6) is 0 Å². The third kappa shape index (κ3) is 2.45. The molecule has 0 saturated heterocycles. The highest BCUT2D eigenvalue weighted by Gasteiger charge is 2.47. The van der Waals surface area contributed by atoms with Gasteiger partial charge in [-0.25, -0.2) is 8.42 Å². The molecule has 0 N–H and O–H groups in total. The van der Waals surface area contributed by atoms with Gasteiger partial charge < -0.3 is 4.74 Å². The molecule has 1 aromatic rings. The Balaban J connectivity index is 1.46. The van der Waals surface area contributed by atoms with Gasteiger partial charge in [-0.1, -0.05) is 30.3 Å². The quantitative estimate of drug-likeness (QED) is 0.821. The Kier molecular flexibility index (Phi) is 3.16. The fourth-order valence-corrected chi connectivity index (χ4v) is 4.68. The summed E-state index contributed by atoms with van der Waals surface area (Å²) in [5.74, 6) is 0. The fraction of sp³-hybridized carbons (Fsp3) is 0.571. The maximum Gasteiger partial charge on any atom is 0.156 e. The van der Waals surface area contributed by atoms with Crippen molar-refractivity contribution in [2.24, 2.45) is 0 Å². The third-order valence-electron chi connectivity index (χ3n) is 3.83. The second kappa shape index (κ2) is 4.67. The van der Waals surface area contributed by atoms with Gasteiger partial charge in [-0.15, -0.1) is 0 Å². The Hall–Kier alpha value is -0.870. The first kappa shape index (κ1) is 12.2. The normalized spacial score (nSPS) is 27.8. The van der Waals surface area contributed by atoms with Crippen LogP contribution in [0.2, 0.25) is 0 Å². The van der Waals surface area contributed by atoms with Crippen molar-refractivity contribution in [3.63, 3.8) is 0 Å². The van der Waals surface area contributed by atoms with Crippen molar-refractivity contribution in [2.45, 2.75) is 48.9 Å². The summed E-state index contributed by atoms with van der Waals surface area (Å²) in [5, 5.41) is -0.164. The van der Waals surface area contributed by atoms with E-state index >= 15 is 0 Å². The number of hydrogen-bond donors (Lipinski definition) is 0. The van der Waals surface area contributed by atoms with Crippen LogP contribution in [0.1, 0.15) is 31.2 Å². The fourth-order valence-electron chi connectivity index (χ4n) is 2.38. The number of hydrogen-bond acceptors (Lipinski definition) is 3. The molecule has 0 radical (unpaired) electrons. The number of rotatable bonds is 5. The van der Waals surface area contributed by atoms with Crippen LogP contribution >= 0.6 is 0 Å². The predicted molar refractivity (Wildman–Crippen MR) is 70.0 cm³/mol. The standard InChI is InChI=1S/C14H18O3S/c15-18(16,13-6-7-13)14-8-12(9-14)17-10-11-4-2-1-3-5-11/h1-5,12-14H,6-10H2/t12-,14+. The lowest BCUT2D eigenvalue weighted by molar-refractivity contribution is -0.00653. The molecule has 0 heterocycles. The smallest absolute Gasteiger partial charge is 0.156 e. The van der Waals surface area contributed by atoms with Gasteiger partial charge in [0, 0.05) is 0 Å². The zero-order valence-corrected chi connectivity index (χ0v) is 11.1. The molecule has 3 nitrogen and oxygen atoms in total. The summed E-state index contributed by atoms with van der Waals surface area (Å²) in [6.07, 6.45) is 3.24. The van der Waals surface area contributed by atoms with Crippen molar-refractivity contribution < 1.29 is 13.2 Å². The summed E-state index contributed by atoms with van der Waals surface area (Å²) in [6.45, 7) is 0.585. The molecule has 2 saturated carbocycles. The molecule has 0 atom stereocenters. The maximum absolute atomic E-state index is 11.9. The number of sulfone groups is 1. The highest BCUT2D eigenvalue weighted by Crippen LogP contribution is 2.39. The molecule has 18 heavy (non-hydrogen) atoms. The molecule has 1 aromatic carbocycles. The van der Waals surface area contributed by atoms with Crippen LogP contribution in [0.15, 0.2) is 30.3 Å². The van der Waals surface area contributed by atoms with Crippen LogP contribution in [0.25, 0.3) is 0 Å². The van der Waals surface area contributed by atoms with E-state index in [9.17, 15) is 8.42 Å². The molecule has 0 unspecified atom stereocenters. The largest absolute Gasteiger partial charge is 0.373 e. The Morgan fingerprint density at radius 3 is 2.33 bits per heavy atom. The van der Waals surface area contributed by atoms with Crippen LogP contribution in [0.4, 0.5) is 0 Å². The maximum atomic E-state index is 11.9. The first-order chi connectivity index (χ1) is 8.66. The van der Waals surface area contributed by atoms with E-state index < -0.39 is 9.84 Å². The van der Waals surface area contributed by atoms with Crippen LogP contribution < -0.4 is 0 Å². The molecular formula is C14H18O3S. The Bertz CT molecular complexity index is 499. The highest BCUT2D eigenvalue weighted by atomic mass is 32.2. The molecule has 2 fully saturated rings. The van der Waals surface area contributed by atoms with E-state index in [1.54, 1.807) is 0 Å². The van der Waals surface area contributed by atoms with E-state index in [0.29, 0.717) is 19.4 Å². The van der Waals surface area contributed by atoms with E-state index in [2.05, 4.69) is 0 Å². The van der Waals surface area contributed by atoms with Crippen molar-refractivity contribution in [1.82, 2.24) is 0 Å².